The Labute approximate surface area is 611 Å². The van der Waals surface area contributed by atoms with Crippen molar-refractivity contribution < 1.29 is 4.74 Å². The smallest absolute Gasteiger partial charge is 0.161 e. The molecule has 0 aliphatic heterocycles. The number of fused-ring (bicyclic) bond motifs is 6. The van der Waals surface area contributed by atoms with Crippen molar-refractivity contribution in [2.75, 3.05) is 7.11 Å². The number of benzene rings is 8. The molecule has 3 atom stereocenters. The highest BCUT2D eigenvalue weighted by molar-refractivity contribution is 7.20. The first-order valence-corrected chi connectivity index (χ1v) is 45.0. The van der Waals surface area contributed by atoms with Gasteiger partial charge < -0.3 is 4.74 Å². The van der Waals surface area contributed by atoms with E-state index in [-0.39, 0.29) is 21.7 Å². The number of hydrogen-bond donors (Lipinski definition) is 0. The van der Waals surface area contributed by atoms with E-state index in [0.29, 0.717) is 16.6 Å². The van der Waals surface area contributed by atoms with Gasteiger partial charge in [0.25, 0.3) is 0 Å². The van der Waals surface area contributed by atoms with Crippen LogP contribution in [0.1, 0.15) is 257 Å². The van der Waals surface area contributed by atoms with Crippen LogP contribution in [0, 0.1) is 34.6 Å². The molecule has 6 aliphatic rings. The Hall–Kier alpha value is -6.76. The predicted octanol–water partition coefficient (Wildman–Crippen LogP) is 27.4. The Balaban J connectivity index is 0.000000156. The normalized spacial score (nSPS) is 17.6. The molecule has 8 aromatic carbocycles. The Morgan fingerprint density at radius 3 is 1.18 bits per heavy atom. The molecule has 1 nitrogen and oxygen atoms in total. The van der Waals surface area contributed by atoms with Crippen LogP contribution < -0.4 is 4.74 Å². The van der Waals surface area contributed by atoms with E-state index in [4.69, 9.17) is 15.8 Å². The molecule has 4 heteroatoms. The number of hydrogen-bond acceptors (Lipinski definition) is 1. The zero-order valence-electron chi connectivity index (χ0n) is 66.2. The highest BCUT2D eigenvalue weighted by Crippen LogP contribution is 2.58. The lowest BCUT2D eigenvalue weighted by atomic mass is 9.78. The second-order valence-electron chi connectivity index (χ2n) is 36.7. The van der Waals surface area contributed by atoms with Crippen molar-refractivity contribution in [3.63, 3.8) is 0 Å². The van der Waals surface area contributed by atoms with Crippen LogP contribution in [0.25, 0.3) is 68.8 Å². The van der Waals surface area contributed by atoms with Gasteiger partial charge in [0.15, 0.2) is 7.38 Å². The Morgan fingerprint density at radius 1 is 0.390 bits per heavy atom. The summed E-state index contributed by atoms with van der Waals surface area (Å²) in [6, 6.07) is 43.0. The van der Waals surface area contributed by atoms with Gasteiger partial charge in [0.1, 0.15) is 5.75 Å². The molecule has 3 unspecified atom stereocenters. The van der Waals surface area contributed by atoms with Crippen molar-refractivity contribution in [2.45, 2.75) is 255 Å². The van der Waals surface area contributed by atoms with Crippen LogP contribution in [-0.2, 0) is 53.8 Å². The highest BCUT2D eigenvalue weighted by Gasteiger charge is 2.49. The Bertz CT molecular complexity index is 4680. The van der Waals surface area contributed by atoms with Crippen LogP contribution in [0.2, 0.25) is 26.2 Å². The van der Waals surface area contributed by atoms with Gasteiger partial charge in [-0.25, -0.2) is 0 Å². The topological polar surface area (TPSA) is 9.23 Å². The van der Waals surface area contributed by atoms with Crippen molar-refractivity contribution in [3.8, 4) is 50.3 Å². The molecule has 0 spiro atoms. The van der Waals surface area contributed by atoms with Crippen LogP contribution >= 0.6 is 11.1 Å². The maximum absolute atomic E-state index is 6.98. The summed E-state index contributed by atoms with van der Waals surface area (Å²) in [5.41, 5.74) is 49.6. The quantitative estimate of drug-likeness (QED) is 0.109. The summed E-state index contributed by atoms with van der Waals surface area (Å²) in [6.45, 7) is 58.3. The van der Waals surface area contributed by atoms with Gasteiger partial charge in [0.2, 0.25) is 0 Å². The molecule has 0 heterocycles. The lowest BCUT2D eigenvalue weighted by Crippen LogP contribution is -2.42. The molecule has 0 N–H and O–H groups in total. The summed E-state index contributed by atoms with van der Waals surface area (Å²) < 4.78 is 5.97. The molecule has 0 saturated heterocycles. The van der Waals surface area contributed by atoms with Crippen LogP contribution in [-0.4, -0.2) is 22.6 Å². The summed E-state index contributed by atoms with van der Waals surface area (Å²) in [6.07, 6.45) is 18.3. The van der Waals surface area contributed by atoms with Gasteiger partial charge in [-0.05, 0) is 263 Å². The summed E-state index contributed by atoms with van der Waals surface area (Å²) in [4.78, 5) is 0. The van der Waals surface area contributed by atoms with E-state index < -0.39 is 15.5 Å². The van der Waals surface area contributed by atoms with Gasteiger partial charge in [-0.15, -0.1) is 0 Å². The van der Waals surface area contributed by atoms with Crippen molar-refractivity contribution >= 4 is 50.8 Å². The number of aryl methyl sites for hydroxylation is 6. The standard InChI is InChI=1S/C48H58Si.C25H31ClSi.C23H28O/c1-28-21-29(2)23-35(22-28)43-32(5)42(48(9,10)11)27-41-38(43)24-30(3)46(41)49(12,13)45-31(4)25-39-40(45)26-34-15-14-16-37(34)44(39)33-17-19-36(20-18-33)47(6,7)8;1-16-14-21-22(24(16)27(5,6)26)15-18-8-7-9-20(18)23(21)17-10-12-19(13-11-17)25(2,3)4;1-14-8-15(2)11-18(10-14)21-19-12-16(3)9-17(19)13-20(22(21)24-7)23(4,5)6/h17-27,45-46H,14-16H2,1-13H3;10-15,24H,7-9H2,1-6H3;8-11,13H,12H2,1-7H3. The minimum atomic E-state index is -2.04. The van der Waals surface area contributed by atoms with E-state index in [1.54, 1.807) is 51.6 Å². The van der Waals surface area contributed by atoms with Gasteiger partial charge in [-0.2, -0.15) is 11.1 Å². The van der Waals surface area contributed by atoms with Crippen molar-refractivity contribution in [2.24, 2.45) is 0 Å². The van der Waals surface area contributed by atoms with E-state index in [0.717, 1.165) is 12.2 Å². The number of allylic oxidation sites excluding steroid dienone is 4. The third-order valence-corrected chi connectivity index (χ3v) is 30.7. The Kier molecular flexibility index (Phi) is 19.3. The van der Waals surface area contributed by atoms with Crippen LogP contribution in [0.4, 0.5) is 0 Å². The molecule has 100 heavy (non-hydrogen) atoms. The number of halogens is 1. The molecule has 522 valence electrons. The molecule has 6 aliphatic carbocycles. The number of ether oxygens (including phenoxy) is 1. The molecule has 0 radical (unpaired) electrons. The third kappa shape index (κ3) is 13.7. The molecular formula is C96H117ClOSi2. The number of rotatable bonds is 8. The second-order valence-corrected chi connectivity index (χ2v) is 48.2. The minimum Gasteiger partial charge on any atom is -0.496 e. The zero-order chi connectivity index (χ0) is 72.6. The lowest BCUT2D eigenvalue weighted by Gasteiger charge is -2.40. The summed E-state index contributed by atoms with van der Waals surface area (Å²) in [5, 5.41) is 0. The second kappa shape index (κ2) is 26.5. The molecule has 0 aromatic heterocycles. The van der Waals surface area contributed by atoms with Crippen LogP contribution in [0.15, 0.2) is 131 Å². The van der Waals surface area contributed by atoms with Gasteiger partial charge >= 0.3 is 0 Å². The van der Waals surface area contributed by atoms with Gasteiger partial charge in [-0.3, -0.25) is 0 Å². The Morgan fingerprint density at radius 2 is 0.780 bits per heavy atom. The molecular weight excluding hydrogens is 1260 g/mol. The monoisotopic (exact) mass is 1380 g/mol. The number of methoxy groups -OCH3 is 1. The van der Waals surface area contributed by atoms with Crippen LogP contribution in [0.5, 0.6) is 5.75 Å². The van der Waals surface area contributed by atoms with Gasteiger partial charge in [0, 0.05) is 27.8 Å². The van der Waals surface area contributed by atoms with E-state index in [1.165, 1.54) is 178 Å². The van der Waals surface area contributed by atoms with Crippen molar-refractivity contribution in [3.05, 3.63) is 248 Å². The molecule has 0 fully saturated rings. The maximum atomic E-state index is 6.98. The maximum Gasteiger partial charge on any atom is 0.161 e. The zero-order valence-corrected chi connectivity index (χ0v) is 68.9. The average molecular weight is 1380 g/mol. The first-order valence-electron chi connectivity index (χ1n) is 37.7. The summed E-state index contributed by atoms with van der Waals surface area (Å²) >= 11 is 6.98. The fraction of sp³-hybridized carbons (Fsp3) is 0.417. The molecule has 0 amide bonds. The van der Waals surface area contributed by atoms with E-state index in [1.807, 2.05) is 0 Å². The van der Waals surface area contributed by atoms with Crippen molar-refractivity contribution in [1.29, 1.82) is 0 Å². The first kappa shape index (κ1) is 73.0. The molecule has 0 saturated carbocycles. The molecule has 8 aromatic rings. The largest absolute Gasteiger partial charge is 0.496 e. The average Bonchev–Trinajstić information content (AvgIpc) is 1.54. The van der Waals surface area contributed by atoms with E-state index >= 15 is 0 Å². The van der Waals surface area contributed by atoms with E-state index in [9.17, 15) is 0 Å². The highest BCUT2D eigenvalue weighted by atomic mass is 35.6. The van der Waals surface area contributed by atoms with Crippen LogP contribution in [0.3, 0.4) is 0 Å². The van der Waals surface area contributed by atoms with E-state index in [2.05, 4.69) is 305 Å². The summed E-state index contributed by atoms with van der Waals surface area (Å²) in [5.74, 6) is 1.04. The fourth-order valence-corrected chi connectivity index (χ4v) is 27.3. The predicted molar refractivity (Wildman–Crippen MR) is 444 cm³/mol. The van der Waals surface area contributed by atoms with Gasteiger partial charge in [-0.1, -0.05) is 281 Å². The fourth-order valence-electron chi connectivity index (χ4n) is 19.3. The first-order chi connectivity index (χ1) is 46.6. The molecule has 14 rings (SSSR count). The molecule has 0 bridgehead atoms. The SMILES string of the molecule is CC1=Cc2c(cc(C(C)(C)C)c(C)c2-c2cc(C)cc(C)c2)C1[Si](C)(C)C1C(C)=Cc2c1cc1c(c2-c2ccc(C(C)(C)C)cc2)CCC1.CC1=Cc2c(cc3c(c2-c2ccc(C(C)(C)C)cc2)CCC3)C1[Si](C)(C)Cl.COc1c(C(C)(C)C)cc2c(c1-c1cc(C)cc(C)c1)CC(C)=C2. The van der Waals surface area contributed by atoms with Gasteiger partial charge in [0.05, 0.1) is 15.2 Å². The summed E-state index contributed by atoms with van der Waals surface area (Å²) in [7, 11) is -2.06. The lowest BCUT2D eigenvalue weighted by molar-refractivity contribution is 0.399. The minimum absolute atomic E-state index is 0.0400. The van der Waals surface area contributed by atoms with Crippen molar-refractivity contribution in [1.82, 2.24) is 0 Å². The third-order valence-electron chi connectivity index (χ3n) is 23.4.